The van der Waals surface area contributed by atoms with Gasteiger partial charge in [0.25, 0.3) is 0 Å². The van der Waals surface area contributed by atoms with Gasteiger partial charge in [-0.05, 0) is 18.8 Å². The van der Waals surface area contributed by atoms with Crippen LogP contribution in [-0.2, 0) is 0 Å². The number of hydrogen-bond acceptors (Lipinski definition) is 3. The summed E-state index contributed by atoms with van der Waals surface area (Å²) in [5, 5.41) is 0. The smallest absolute Gasteiger partial charge is 0.226 e. The van der Waals surface area contributed by atoms with Gasteiger partial charge in [0.05, 0.1) is 18.9 Å². The van der Waals surface area contributed by atoms with E-state index in [0.29, 0.717) is 18.4 Å². The predicted molar refractivity (Wildman–Crippen MR) is 55.8 cm³/mol. The van der Waals surface area contributed by atoms with Gasteiger partial charge >= 0.3 is 0 Å². The third-order valence-corrected chi connectivity index (χ3v) is 2.35. The minimum Gasteiger partial charge on any atom is -0.329 e. The summed E-state index contributed by atoms with van der Waals surface area (Å²) < 4.78 is 12.6. The molecule has 2 rings (SSSR count). The summed E-state index contributed by atoms with van der Waals surface area (Å²) in [7, 11) is 0. The van der Waals surface area contributed by atoms with Gasteiger partial charge in [-0.25, -0.2) is 14.4 Å². The quantitative estimate of drug-likeness (QED) is 0.697. The van der Waals surface area contributed by atoms with Gasteiger partial charge in [-0.2, -0.15) is 0 Å². The highest BCUT2D eigenvalue weighted by atomic mass is 19.1. The molecule has 0 N–H and O–H groups in total. The number of halogens is 1. The monoisotopic (exact) mass is 205 g/mol. The number of rotatable bonds is 4. The molecule has 1 fully saturated rings. The topological polar surface area (TPSA) is 29.0 Å². The maximum absolute atomic E-state index is 12.6. The lowest BCUT2D eigenvalue weighted by Gasteiger charge is -2.19. The van der Waals surface area contributed by atoms with E-state index in [1.54, 1.807) is 0 Å². The van der Waals surface area contributed by atoms with Gasteiger partial charge in [0.2, 0.25) is 5.95 Å². The van der Waals surface area contributed by atoms with E-state index in [9.17, 15) is 4.39 Å². The Morgan fingerprint density at radius 3 is 2.67 bits per heavy atom. The van der Waals surface area contributed by atoms with Crippen LogP contribution in [0.1, 0.15) is 12.8 Å². The van der Waals surface area contributed by atoms with E-state index in [4.69, 9.17) is 6.42 Å². The summed E-state index contributed by atoms with van der Waals surface area (Å²) in [5.74, 6) is 3.36. The van der Waals surface area contributed by atoms with Crippen LogP contribution >= 0.6 is 0 Å². The summed E-state index contributed by atoms with van der Waals surface area (Å²) in [4.78, 5) is 9.76. The van der Waals surface area contributed by atoms with E-state index in [2.05, 4.69) is 15.9 Å². The molecule has 1 aliphatic carbocycles. The summed E-state index contributed by atoms with van der Waals surface area (Å²) in [6.45, 7) is 1.35. The summed E-state index contributed by atoms with van der Waals surface area (Å²) in [5.41, 5.74) is 0. The van der Waals surface area contributed by atoms with E-state index in [-0.39, 0.29) is 0 Å². The summed E-state index contributed by atoms with van der Waals surface area (Å²) >= 11 is 0. The average molecular weight is 205 g/mol. The Morgan fingerprint density at radius 1 is 1.47 bits per heavy atom. The molecule has 1 aromatic heterocycles. The molecule has 0 bridgehead atoms. The van der Waals surface area contributed by atoms with Crippen LogP contribution in [0.15, 0.2) is 12.4 Å². The van der Waals surface area contributed by atoms with Crippen molar-refractivity contribution >= 4 is 5.95 Å². The van der Waals surface area contributed by atoms with Crippen molar-refractivity contribution in [1.82, 2.24) is 9.97 Å². The first-order valence-corrected chi connectivity index (χ1v) is 4.95. The lowest BCUT2D eigenvalue weighted by molar-refractivity contribution is 0.610. The third kappa shape index (κ3) is 2.66. The number of terminal acetylenes is 1. The molecular weight excluding hydrogens is 193 g/mol. The molecule has 3 nitrogen and oxygen atoms in total. The molecule has 0 aliphatic heterocycles. The first kappa shape index (κ1) is 9.91. The Hall–Kier alpha value is -1.63. The predicted octanol–water partition coefficient (Wildman–Crippen LogP) is 1.47. The van der Waals surface area contributed by atoms with Gasteiger partial charge < -0.3 is 4.90 Å². The third-order valence-electron chi connectivity index (χ3n) is 2.35. The van der Waals surface area contributed by atoms with Crippen LogP contribution in [0.4, 0.5) is 10.3 Å². The van der Waals surface area contributed by atoms with Gasteiger partial charge in [-0.1, -0.05) is 5.92 Å². The van der Waals surface area contributed by atoms with Gasteiger partial charge in [0.1, 0.15) is 0 Å². The van der Waals surface area contributed by atoms with Crippen molar-refractivity contribution in [1.29, 1.82) is 0 Å². The molecule has 0 amide bonds. The van der Waals surface area contributed by atoms with Crippen LogP contribution in [0.5, 0.6) is 0 Å². The first-order valence-electron chi connectivity index (χ1n) is 4.95. The lowest BCUT2D eigenvalue weighted by atomic mass is 10.4. The molecule has 0 spiro atoms. The Kier molecular flexibility index (Phi) is 2.82. The Labute approximate surface area is 88.3 Å². The molecule has 78 valence electrons. The highest BCUT2D eigenvalue weighted by Crippen LogP contribution is 2.30. The summed E-state index contributed by atoms with van der Waals surface area (Å²) in [6, 6.07) is 0. The van der Waals surface area contributed by atoms with E-state index in [1.165, 1.54) is 25.2 Å². The number of nitrogens with zero attached hydrogens (tertiary/aromatic N) is 3. The van der Waals surface area contributed by atoms with Crippen LogP contribution in [-0.4, -0.2) is 23.1 Å². The molecule has 0 atom stereocenters. The van der Waals surface area contributed by atoms with Crippen molar-refractivity contribution in [2.45, 2.75) is 12.8 Å². The van der Waals surface area contributed by atoms with Crippen LogP contribution < -0.4 is 4.90 Å². The van der Waals surface area contributed by atoms with Gasteiger partial charge in [0, 0.05) is 6.54 Å². The molecule has 1 aliphatic rings. The Bertz CT molecular complexity index is 364. The molecule has 0 aromatic carbocycles. The van der Waals surface area contributed by atoms with E-state index < -0.39 is 5.82 Å². The van der Waals surface area contributed by atoms with Crippen LogP contribution in [0.3, 0.4) is 0 Å². The van der Waals surface area contributed by atoms with Gasteiger partial charge in [-0.3, -0.25) is 0 Å². The minimum atomic E-state index is -0.425. The standard InChI is InChI=1S/C11H12FN3/c1-2-5-15(8-9-3-4-9)11-13-6-10(12)7-14-11/h1,6-7,9H,3-5,8H2. The molecule has 0 unspecified atom stereocenters. The second-order valence-corrected chi connectivity index (χ2v) is 3.73. The fourth-order valence-corrected chi connectivity index (χ4v) is 1.41. The fraction of sp³-hybridized carbons (Fsp3) is 0.455. The normalized spacial score (nSPS) is 14.7. The van der Waals surface area contributed by atoms with Crippen molar-refractivity contribution < 1.29 is 4.39 Å². The van der Waals surface area contributed by atoms with Gasteiger partial charge in [-0.15, -0.1) is 6.42 Å². The first-order chi connectivity index (χ1) is 7.29. The van der Waals surface area contributed by atoms with E-state index in [1.807, 2.05) is 4.90 Å². The Morgan fingerprint density at radius 2 is 2.13 bits per heavy atom. The minimum absolute atomic E-state index is 0.425. The zero-order valence-corrected chi connectivity index (χ0v) is 8.36. The molecule has 0 radical (unpaired) electrons. The number of anilines is 1. The maximum Gasteiger partial charge on any atom is 0.226 e. The highest BCUT2D eigenvalue weighted by molar-refractivity contribution is 5.31. The molecule has 1 heterocycles. The molecule has 0 saturated heterocycles. The maximum atomic E-state index is 12.6. The molecular formula is C11H12FN3. The molecule has 1 aromatic rings. The van der Waals surface area contributed by atoms with E-state index >= 15 is 0 Å². The van der Waals surface area contributed by atoms with Crippen molar-refractivity contribution in [3.05, 3.63) is 18.2 Å². The zero-order chi connectivity index (χ0) is 10.7. The molecule has 4 heteroatoms. The molecule has 1 saturated carbocycles. The number of aromatic nitrogens is 2. The zero-order valence-electron chi connectivity index (χ0n) is 8.36. The van der Waals surface area contributed by atoms with Crippen molar-refractivity contribution in [3.63, 3.8) is 0 Å². The van der Waals surface area contributed by atoms with Crippen molar-refractivity contribution in [2.75, 3.05) is 18.0 Å². The van der Waals surface area contributed by atoms with Crippen LogP contribution in [0.2, 0.25) is 0 Å². The Balaban J connectivity index is 2.08. The van der Waals surface area contributed by atoms with Crippen LogP contribution in [0, 0.1) is 24.1 Å². The van der Waals surface area contributed by atoms with Gasteiger partial charge in [0.15, 0.2) is 5.82 Å². The second kappa shape index (κ2) is 4.26. The van der Waals surface area contributed by atoms with Crippen molar-refractivity contribution in [2.24, 2.45) is 5.92 Å². The van der Waals surface area contributed by atoms with Crippen LogP contribution in [0.25, 0.3) is 0 Å². The second-order valence-electron chi connectivity index (χ2n) is 3.73. The number of hydrogen-bond donors (Lipinski definition) is 0. The SMILES string of the molecule is C#CCN(CC1CC1)c1ncc(F)cn1. The molecule has 15 heavy (non-hydrogen) atoms. The van der Waals surface area contributed by atoms with E-state index in [0.717, 1.165) is 6.54 Å². The summed E-state index contributed by atoms with van der Waals surface area (Å²) in [6.07, 6.45) is 10.1. The van der Waals surface area contributed by atoms with Crippen molar-refractivity contribution in [3.8, 4) is 12.3 Å². The fourth-order valence-electron chi connectivity index (χ4n) is 1.41. The lowest BCUT2D eigenvalue weighted by Crippen LogP contribution is -2.27. The average Bonchev–Trinajstić information content (AvgIpc) is 3.02. The largest absolute Gasteiger partial charge is 0.329 e. The highest BCUT2D eigenvalue weighted by Gasteiger charge is 2.25.